The van der Waals surface area contributed by atoms with Gasteiger partial charge in [-0.25, -0.2) is 13.8 Å². The predicted octanol–water partition coefficient (Wildman–Crippen LogP) is -1.28. The van der Waals surface area contributed by atoms with Crippen molar-refractivity contribution < 1.29 is 14.2 Å². The second kappa shape index (κ2) is 5.53. The summed E-state index contributed by atoms with van der Waals surface area (Å²) >= 11 is 0. The quantitative estimate of drug-likeness (QED) is 0.604. The largest absolute Gasteiger partial charge is 0.394 e. The molecule has 1 aliphatic heterocycles. The second-order valence-electron chi connectivity index (χ2n) is 5.13. The first kappa shape index (κ1) is 15.3. The van der Waals surface area contributed by atoms with Crippen LogP contribution in [0.4, 0.5) is 10.3 Å². The number of nitrogen functional groups attached to an aromatic ring is 1. The maximum atomic E-state index is 13.8. The number of nitrogens with one attached hydrogen (secondary N) is 1. The van der Waals surface area contributed by atoms with Gasteiger partial charge in [-0.15, -0.1) is 6.42 Å². The van der Waals surface area contributed by atoms with Gasteiger partial charge in [0.2, 0.25) is 5.95 Å². The van der Waals surface area contributed by atoms with Crippen molar-refractivity contribution >= 4 is 17.1 Å². The highest BCUT2D eigenvalue weighted by Crippen LogP contribution is 2.31. The molecule has 0 aliphatic carbocycles. The van der Waals surface area contributed by atoms with Crippen molar-refractivity contribution in [1.29, 1.82) is 0 Å². The van der Waals surface area contributed by atoms with Gasteiger partial charge >= 0.3 is 5.69 Å². The van der Waals surface area contributed by atoms with Gasteiger partial charge in [0.25, 0.3) is 5.56 Å². The van der Waals surface area contributed by atoms with E-state index < -0.39 is 36.4 Å². The molecule has 23 heavy (non-hydrogen) atoms. The van der Waals surface area contributed by atoms with Crippen LogP contribution in [0.25, 0.3) is 11.2 Å². The summed E-state index contributed by atoms with van der Waals surface area (Å²) in [6, 6.07) is 0. The van der Waals surface area contributed by atoms with Crippen LogP contribution in [0.5, 0.6) is 0 Å². The summed E-state index contributed by atoms with van der Waals surface area (Å²) < 4.78 is 21.3. The van der Waals surface area contributed by atoms with Crippen molar-refractivity contribution in [2.75, 3.05) is 12.3 Å². The first-order chi connectivity index (χ1) is 11.0. The molecule has 3 unspecified atom stereocenters. The number of aliphatic hydroxyl groups is 1. The number of rotatable bonds is 3. The van der Waals surface area contributed by atoms with Crippen molar-refractivity contribution in [2.24, 2.45) is 0 Å². The van der Waals surface area contributed by atoms with Crippen LogP contribution in [0.3, 0.4) is 0 Å². The average Bonchev–Trinajstić information content (AvgIpc) is 2.98. The molecule has 0 saturated carbocycles. The molecule has 0 bridgehead atoms. The molecule has 2 aromatic rings. The fraction of sp³-hybridized carbons (Fsp3) is 0.462. The number of fused-ring (bicyclic) bond motifs is 1. The van der Waals surface area contributed by atoms with Gasteiger partial charge < -0.3 is 15.6 Å². The first-order valence-corrected chi connectivity index (χ1v) is 6.82. The number of hydrogen-bond donors (Lipinski definition) is 3. The smallest absolute Gasteiger partial charge is 0.333 e. The maximum Gasteiger partial charge on any atom is 0.333 e. The number of ether oxygens (including phenoxy) is 1. The van der Waals surface area contributed by atoms with Crippen LogP contribution in [0.2, 0.25) is 0 Å². The van der Waals surface area contributed by atoms with Crippen LogP contribution in [-0.4, -0.2) is 43.1 Å². The van der Waals surface area contributed by atoms with Gasteiger partial charge in [0.15, 0.2) is 11.2 Å². The topological polar surface area (TPSA) is 128 Å². The van der Waals surface area contributed by atoms with E-state index in [-0.39, 0.29) is 30.1 Å². The molecule has 122 valence electrons. The highest BCUT2D eigenvalue weighted by Gasteiger charge is 2.38. The number of H-pyrrole nitrogens is 1. The van der Waals surface area contributed by atoms with E-state index in [4.69, 9.17) is 22.0 Å². The van der Waals surface area contributed by atoms with E-state index in [1.54, 1.807) is 0 Å². The van der Waals surface area contributed by atoms with Gasteiger partial charge in [0.05, 0.1) is 13.2 Å². The van der Waals surface area contributed by atoms with Crippen LogP contribution in [0.1, 0.15) is 12.6 Å². The molecule has 3 rings (SSSR count). The zero-order chi connectivity index (χ0) is 16.7. The first-order valence-electron chi connectivity index (χ1n) is 6.82. The molecular formula is C13H14FN5O4. The van der Waals surface area contributed by atoms with E-state index >= 15 is 0 Å². The number of aliphatic hydroxyl groups excluding tert-OH is 1. The lowest BCUT2D eigenvalue weighted by molar-refractivity contribution is -0.0337. The lowest BCUT2D eigenvalue weighted by Gasteiger charge is -2.12. The Morgan fingerprint density at radius 1 is 1.57 bits per heavy atom. The summed E-state index contributed by atoms with van der Waals surface area (Å²) in [5, 5.41) is 9.09. The van der Waals surface area contributed by atoms with Crippen LogP contribution in [0.15, 0.2) is 9.59 Å². The minimum absolute atomic E-state index is 0.0395. The van der Waals surface area contributed by atoms with E-state index in [9.17, 15) is 14.0 Å². The van der Waals surface area contributed by atoms with Gasteiger partial charge in [-0.2, -0.15) is 4.98 Å². The summed E-state index contributed by atoms with van der Waals surface area (Å²) in [6.07, 6.45) is 1.57. The van der Waals surface area contributed by atoms with Gasteiger partial charge in [-0.3, -0.25) is 14.3 Å². The molecule has 0 spiro atoms. The third-order valence-electron chi connectivity index (χ3n) is 3.71. The Balaban J connectivity index is 2.26. The molecular weight excluding hydrogens is 309 g/mol. The number of nitrogens with two attached hydrogens (primary N) is 1. The lowest BCUT2D eigenvalue weighted by atomic mass is 10.2. The van der Waals surface area contributed by atoms with Crippen LogP contribution >= 0.6 is 0 Å². The fourth-order valence-corrected chi connectivity index (χ4v) is 2.71. The maximum absolute atomic E-state index is 13.8. The molecule has 10 heteroatoms. The SMILES string of the molecule is C#CCn1c(=O)n(C2CC(F)C(CO)O2)c2nc(N)[nH]c(=O)c21. The fourth-order valence-electron chi connectivity index (χ4n) is 2.71. The Labute approximate surface area is 128 Å². The number of terminal acetylenes is 1. The standard InChI is InChI=1S/C13H14FN5O4/c1-2-3-18-9-10(16-12(15)17-11(9)21)19(13(18)22)8-4-6(14)7(5-20)23-8/h1,6-8,20H,3-5H2,(H3,15,16,17,21). The van der Waals surface area contributed by atoms with E-state index in [0.29, 0.717) is 0 Å². The Kier molecular flexibility index (Phi) is 3.67. The summed E-state index contributed by atoms with van der Waals surface area (Å²) in [5.74, 6) is 2.08. The van der Waals surface area contributed by atoms with Crippen molar-refractivity contribution in [3.05, 3.63) is 20.8 Å². The van der Waals surface area contributed by atoms with E-state index in [2.05, 4.69) is 15.9 Å². The number of anilines is 1. The minimum atomic E-state index is -1.44. The summed E-state index contributed by atoms with van der Waals surface area (Å²) in [4.78, 5) is 30.9. The molecule has 4 N–H and O–H groups in total. The number of nitrogens with zero attached hydrogens (tertiary/aromatic N) is 3. The van der Waals surface area contributed by atoms with E-state index in [1.807, 2.05) is 0 Å². The number of aromatic nitrogens is 4. The van der Waals surface area contributed by atoms with Crippen LogP contribution < -0.4 is 17.0 Å². The van der Waals surface area contributed by atoms with Crippen molar-refractivity contribution in [1.82, 2.24) is 19.1 Å². The lowest BCUT2D eigenvalue weighted by Crippen LogP contribution is -2.28. The van der Waals surface area contributed by atoms with E-state index in [0.717, 1.165) is 9.13 Å². The molecule has 3 atom stereocenters. The highest BCUT2D eigenvalue weighted by atomic mass is 19.1. The normalized spacial score (nSPS) is 24.1. The Bertz CT molecular complexity index is 908. The van der Waals surface area contributed by atoms with Gasteiger partial charge in [0.1, 0.15) is 18.5 Å². The average molecular weight is 323 g/mol. The number of alkyl halides is 1. The molecule has 0 aromatic carbocycles. The molecule has 0 amide bonds. The molecule has 0 radical (unpaired) electrons. The molecule has 1 saturated heterocycles. The Morgan fingerprint density at radius 3 is 2.91 bits per heavy atom. The zero-order valence-corrected chi connectivity index (χ0v) is 11.9. The number of halogens is 1. The van der Waals surface area contributed by atoms with E-state index in [1.165, 1.54) is 0 Å². The number of hydrogen-bond acceptors (Lipinski definition) is 6. The van der Waals surface area contributed by atoms with Crippen molar-refractivity contribution in [3.63, 3.8) is 0 Å². The number of imidazole rings is 1. The summed E-state index contributed by atoms with van der Waals surface area (Å²) in [6.45, 7) is -0.683. The monoisotopic (exact) mass is 323 g/mol. The highest BCUT2D eigenvalue weighted by molar-refractivity contribution is 5.71. The molecule has 3 heterocycles. The van der Waals surface area contributed by atoms with Crippen LogP contribution in [-0.2, 0) is 11.3 Å². The molecule has 2 aromatic heterocycles. The zero-order valence-electron chi connectivity index (χ0n) is 11.9. The molecule has 1 fully saturated rings. The Morgan fingerprint density at radius 2 is 2.30 bits per heavy atom. The predicted molar refractivity (Wildman–Crippen MR) is 78.4 cm³/mol. The minimum Gasteiger partial charge on any atom is -0.394 e. The number of aromatic amines is 1. The summed E-state index contributed by atoms with van der Waals surface area (Å²) in [7, 11) is 0. The Hall–Kier alpha value is -2.64. The van der Waals surface area contributed by atoms with Gasteiger partial charge in [-0.1, -0.05) is 5.92 Å². The van der Waals surface area contributed by atoms with Crippen LogP contribution in [0, 0.1) is 12.3 Å². The summed E-state index contributed by atoms with van der Waals surface area (Å²) in [5.41, 5.74) is 4.13. The van der Waals surface area contributed by atoms with Crippen molar-refractivity contribution in [3.8, 4) is 12.3 Å². The molecule has 9 nitrogen and oxygen atoms in total. The second-order valence-corrected chi connectivity index (χ2v) is 5.13. The third kappa shape index (κ3) is 2.30. The molecule has 1 aliphatic rings. The van der Waals surface area contributed by atoms with Crippen molar-refractivity contribution in [2.45, 2.75) is 31.5 Å². The third-order valence-corrected chi connectivity index (χ3v) is 3.71. The van der Waals surface area contributed by atoms with Gasteiger partial charge in [0, 0.05) is 6.42 Å². The van der Waals surface area contributed by atoms with Gasteiger partial charge in [-0.05, 0) is 0 Å².